The van der Waals surface area contributed by atoms with Crippen molar-refractivity contribution in [1.29, 1.82) is 5.41 Å². The number of anilines is 1. The second kappa shape index (κ2) is 9.87. The van der Waals surface area contributed by atoms with Gasteiger partial charge in [-0.2, -0.15) is 0 Å². The van der Waals surface area contributed by atoms with E-state index >= 15 is 0 Å². The van der Waals surface area contributed by atoms with Crippen LogP contribution in [0.2, 0.25) is 5.15 Å². The van der Waals surface area contributed by atoms with Gasteiger partial charge in [-0.3, -0.25) is 19.6 Å². The van der Waals surface area contributed by atoms with Crippen LogP contribution in [0.5, 0.6) is 0 Å². The van der Waals surface area contributed by atoms with Gasteiger partial charge in [0.15, 0.2) is 11.0 Å². The third kappa shape index (κ3) is 5.06. The van der Waals surface area contributed by atoms with Gasteiger partial charge in [0.1, 0.15) is 11.9 Å². The molecule has 0 radical (unpaired) electrons. The monoisotopic (exact) mass is 464 g/mol. The smallest absolute Gasteiger partial charge is 0.294 e. The molecule has 0 aliphatic carbocycles. The zero-order valence-electron chi connectivity index (χ0n) is 18.0. The van der Waals surface area contributed by atoms with E-state index < -0.39 is 6.04 Å². The van der Waals surface area contributed by atoms with E-state index in [1.165, 1.54) is 4.57 Å². The fourth-order valence-corrected chi connectivity index (χ4v) is 4.21. The molecule has 8 nitrogen and oxygen atoms in total. The Bertz CT molecular complexity index is 1220. The molecule has 3 aromatic rings. The molecule has 2 heterocycles. The Kier molecular flexibility index (Phi) is 6.74. The van der Waals surface area contributed by atoms with Crippen LogP contribution in [0.15, 0.2) is 59.4 Å². The SMILES string of the molecule is N=C(N)c1ccc(CNC(=O)[C@@H]2CCc3c(Cl)nc(NCCc4ccccc4)c(=O)n32)cc1. The number of amidine groups is 1. The number of rotatable bonds is 8. The van der Waals surface area contributed by atoms with E-state index in [2.05, 4.69) is 15.6 Å². The number of amides is 1. The van der Waals surface area contributed by atoms with Crippen LogP contribution >= 0.6 is 11.6 Å². The minimum Gasteiger partial charge on any atom is -0.384 e. The molecule has 0 unspecified atom stereocenters. The minimum absolute atomic E-state index is 0.00815. The van der Waals surface area contributed by atoms with Gasteiger partial charge in [0, 0.05) is 18.7 Å². The van der Waals surface area contributed by atoms with E-state index in [0.29, 0.717) is 37.2 Å². The molecule has 1 amide bonds. The first kappa shape index (κ1) is 22.5. The van der Waals surface area contributed by atoms with Crippen molar-refractivity contribution in [3.05, 3.63) is 92.5 Å². The van der Waals surface area contributed by atoms with Gasteiger partial charge in [0.2, 0.25) is 5.91 Å². The number of fused-ring (bicyclic) bond motifs is 1. The Morgan fingerprint density at radius 3 is 2.58 bits per heavy atom. The maximum Gasteiger partial charge on any atom is 0.294 e. The Balaban J connectivity index is 1.45. The lowest BCUT2D eigenvalue weighted by molar-refractivity contribution is -0.124. The van der Waals surface area contributed by atoms with Crippen LogP contribution in [0.4, 0.5) is 5.82 Å². The number of benzene rings is 2. The summed E-state index contributed by atoms with van der Waals surface area (Å²) in [4.78, 5) is 30.3. The number of hydrogen-bond acceptors (Lipinski definition) is 5. The summed E-state index contributed by atoms with van der Waals surface area (Å²) in [5, 5.41) is 13.7. The van der Waals surface area contributed by atoms with Crippen LogP contribution in [-0.2, 0) is 24.2 Å². The van der Waals surface area contributed by atoms with Crippen LogP contribution in [0.3, 0.4) is 0 Å². The standard InChI is InChI=1S/C24H25ClN6O2/c25-20-18-10-11-19(23(32)29-14-16-6-8-17(9-7-16)21(26)27)31(18)24(33)22(30-20)28-13-12-15-4-2-1-3-5-15/h1-9,19H,10-14H2,(H3,26,27)(H,28,30)(H,29,32)/t19-/m0/s1. The number of hydrogen-bond donors (Lipinski definition) is 4. The van der Waals surface area contributed by atoms with Crippen LogP contribution in [0.25, 0.3) is 0 Å². The fourth-order valence-electron chi connectivity index (χ4n) is 3.94. The summed E-state index contributed by atoms with van der Waals surface area (Å²) in [6.45, 7) is 0.827. The average molecular weight is 465 g/mol. The number of halogens is 1. The quantitative estimate of drug-likeness (QED) is 0.301. The molecule has 0 fully saturated rings. The summed E-state index contributed by atoms with van der Waals surface area (Å²) < 4.78 is 1.47. The number of nitrogens with one attached hydrogen (secondary N) is 3. The lowest BCUT2D eigenvalue weighted by Crippen LogP contribution is -2.36. The molecule has 1 atom stereocenters. The van der Waals surface area contributed by atoms with Crippen molar-refractivity contribution in [3.8, 4) is 0 Å². The van der Waals surface area contributed by atoms with Gasteiger partial charge in [-0.15, -0.1) is 0 Å². The van der Waals surface area contributed by atoms with E-state index in [1.54, 1.807) is 24.3 Å². The Labute approximate surface area is 196 Å². The second-order valence-electron chi connectivity index (χ2n) is 7.92. The molecule has 1 aliphatic rings. The largest absolute Gasteiger partial charge is 0.384 e. The molecule has 5 N–H and O–H groups in total. The van der Waals surface area contributed by atoms with Crippen molar-refractivity contribution in [2.75, 3.05) is 11.9 Å². The van der Waals surface area contributed by atoms with E-state index in [0.717, 1.165) is 17.5 Å². The summed E-state index contributed by atoms with van der Waals surface area (Å²) in [5.41, 5.74) is 8.35. The molecule has 2 aromatic carbocycles. The lowest BCUT2D eigenvalue weighted by Gasteiger charge is -2.16. The van der Waals surface area contributed by atoms with Crippen LogP contribution in [0, 0.1) is 5.41 Å². The van der Waals surface area contributed by atoms with E-state index in [-0.39, 0.29) is 28.3 Å². The van der Waals surface area contributed by atoms with Gasteiger partial charge < -0.3 is 16.4 Å². The van der Waals surface area contributed by atoms with Crippen molar-refractivity contribution in [1.82, 2.24) is 14.9 Å². The fraction of sp³-hybridized carbons (Fsp3) is 0.250. The number of nitrogens with zero attached hydrogens (tertiary/aromatic N) is 2. The van der Waals surface area contributed by atoms with Gasteiger partial charge in [-0.05, 0) is 30.4 Å². The summed E-state index contributed by atoms with van der Waals surface area (Å²) in [7, 11) is 0. The molecule has 0 spiro atoms. The molecule has 0 saturated carbocycles. The van der Waals surface area contributed by atoms with Crippen LogP contribution in [0.1, 0.15) is 34.8 Å². The highest BCUT2D eigenvalue weighted by atomic mass is 35.5. The zero-order chi connectivity index (χ0) is 23.4. The predicted octanol–water partition coefficient (Wildman–Crippen LogP) is 2.64. The summed E-state index contributed by atoms with van der Waals surface area (Å²) in [6.07, 6.45) is 1.73. The minimum atomic E-state index is -0.640. The third-order valence-electron chi connectivity index (χ3n) is 5.71. The lowest BCUT2D eigenvalue weighted by atomic mass is 10.1. The normalized spacial score (nSPS) is 14.5. The molecule has 1 aliphatic heterocycles. The number of aromatic nitrogens is 2. The number of carbonyl (C=O) groups is 1. The van der Waals surface area contributed by atoms with Crippen molar-refractivity contribution in [3.63, 3.8) is 0 Å². The summed E-state index contributed by atoms with van der Waals surface area (Å²) in [5.74, 6) is -0.102. The molecule has 1 aromatic heterocycles. The average Bonchev–Trinajstić information content (AvgIpc) is 3.28. The number of nitrogens with two attached hydrogens (primary N) is 1. The highest BCUT2D eigenvalue weighted by Crippen LogP contribution is 2.29. The highest BCUT2D eigenvalue weighted by molar-refractivity contribution is 6.30. The number of nitrogen functional groups attached to an aromatic ring is 1. The van der Waals surface area contributed by atoms with Gasteiger partial charge in [0.25, 0.3) is 5.56 Å². The highest BCUT2D eigenvalue weighted by Gasteiger charge is 2.32. The van der Waals surface area contributed by atoms with Crippen molar-refractivity contribution >= 4 is 29.2 Å². The summed E-state index contributed by atoms with van der Waals surface area (Å²) in [6, 6.07) is 16.4. The molecule has 170 valence electrons. The van der Waals surface area contributed by atoms with E-state index in [4.69, 9.17) is 22.7 Å². The molecule has 0 bridgehead atoms. The Morgan fingerprint density at radius 2 is 1.88 bits per heavy atom. The van der Waals surface area contributed by atoms with E-state index in [1.807, 2.05) is 30.3 Å². The topological polar surface area (TPSA) is 126 Å². The third-order valence-corrected chi connectivity index (χ3v) is 6.01. The van der Waals surface area contributed by atoms with Crippen LogP contribution < -0.4 is 21.9 Å². The molecular formula is C24H25ClN6O2. The van der Waals surface area contributed by atoms with Gasteiger partial charge in [-0.1, -0.05) is 66.2 Å². The van der Waals surface area contributed by atoms with Gasteiger partial charge in [-0.25, -0.2) is 4.98 Å². The Morgan fingerprint density at radius 1 is 1.15 bits per heavy atom. The maximum atomic E-state index is 13.1. The molecule has 33 heavy (non-hydrogen) atoms. The number of carbonyl (C=O) groups excluding carboxylic acids is 1. The van der Waals surface area contributed by atoms with Crippen LogP contribution in [-0.4, -0.2) is 27.8 Å². The summed E-state index contributed by atoms with van der Waals surface area (Å²) >= 11 is 6.36. The van der Waals surface area contributed by atoms with E-state index in [9.17, 15) is 9.59 Å². The second-order valence-corrected chi connectivity index (χ2v) is 8.28. The first-order valence-electron chi connectivity index (χ1n) is 10.7. The molecule has 0 saturated heterocycles. The molecule has 4 rings (SSSR count). The predicted molar refractivity (Wildman–Crippen MR) is 129 cm³/mol. The van der Waals surface area contributed by atoms with Crippen molar-refractivity contribution < 1.29 is 4.79 Å². The van der Waals surface area contributed by atoms with Crippen molar-refractivity contribution in [2.24, 2.45) is 5.73 Å². The van der Waals surface area contributed by atoms with Gasteiger partial charge >= 0.3 is 0 Å². The first-order chi connectivity index (χ1) is 15.9. The first-order valence-corrected chi connectivity index (χ1v) is 11.1. The van der Waals surface area contributed by atoms with Crippen molar-refractivity contribution in [2.45, 2.75) is 31.8 Å². The Hall–Kier alpha value is -3.65. The molecule has 9 heteroatoms. The maximum absolute atomic E-state index is 13.1. The molecular weight excluding hydrogens is 440 g/mol. The zero-order valence-corrected chi connectivity index (χ0v) is 18.7. The van der Waals surface area contributed by atoms with Gasteiger partial charge in [0.05, 0.1) is 5.69 Å².